The minimum Gasteiger partial charge on any atom is -0.466 e. The van der Waals surface area contributed by atoms with Crippen molar-refractivity contribution in [1.82, 2.24) is 0 Å². The summed E-state index contributed by atoms with van der Waals surface area (Å²) in [7, 11) is 0. The van der Waals surface area contributed by atoms with Gasteiger partial charge in [-0.2, -0.15) is 0 Å². The molecule has 15 heavy (non-hydrogen) atoms. The molecule has 0 amide bonds. The highest BCUT2D eigenvalue weighted by Crippen LogP contribution is 2.02. The van der Waals surface area contributed by atoms with E-state index in [-0.39, 0.29) is 5.97 Å². The Labute approximate surface area is 93.1 Å². The Morgan fingerprint density at radius 3 is 2.33 bits per heavy atom. The molecule has 0 bridgehead atoms. The van der Waals surface area contributed by atoms with Crippen LogP contribution in [0.15, 0.2) is 0 Å². The number of unbranched alkanes of at least 4 members (excludes halogenated alkanes) is 2. The van der Waals surface area contributed by atoms with Gasteiger partial charge in [-0.15, -0.1) is 0 Å². The topological polar surface area (TPSA) is 35.5 Å². The lowest BCUT2D eigenvalue weighted by Gasteiger charge is -2.03. The lowest BCUT2D eigenvalue weighted by molar-refractivity contribution is -0.143. The maximum atomic E-state index is 11.1. The van der Waals surface area contributed by atoms with E-state index in [9.17, 15) is 4.79 Å². The van der Waals surface area contributed by atoms with Gasteiger partial charge in [0.25, 0.3) is 0 Å². The summed E-state index contributed by atoms with van der Waals surface area (Å²) >= 11 is 0. The van der Waals surface area contributed by atoms with Crippen molar-refractivity contribution >= 4 is 5.97 Å². The SMILES string of the molecule is CCCOCCCCCC(=O)OCCC. The van der Waals surface area contributed by atoms with Crippen LogP contribution in [0.2, 0.25) is 0 Å². The molecule has 0 aromatic rings. The molecule has 0 atom stereocenters. The minimum absolute atomic E-state index is 0.0636. The van der Waals surface area contributed by atoms with Gasteiger partial charge in [-0.1, -0.05) is 20.3 Å². The van der Waals surface area contributed by atoms with E-state index in [2.05, 4.69) is 6.92 Å². The summed E-state index contributed by atoms with van der Waals surface area (Å²) < 4.78 is 10.3. The Morgan fingerprint density at radius 2 is 1.67 bits per heavy atom. The molecule has 0 rings (SSSR count). The number of carbonyl (C=O) groups excluding carboxylic acids is 1. The first kappa shape index (κ1) is 14.4. The van der Waals surface area contributed by atoms with Gasteiger partial charge in [-0.25, -0.2) is 0 Å². The average Bonchev–Trinajstić information content (AvgIpc) is 2.25. The summed E-state index contributed by atoms with van der Waals surface area (Å²) in [6.45, 7) is 6.32. The summed E-state index contributed by atoms with van der Waals surface area (Å²) in [4.78, 5) is 11.1. The largest absolute Gasteiger partial charge is 0.466 e. The molecule has 0 unspecified atom stereocenters. The molecule has 0 spiro atoms. The van der Waals surface area contributed by atoms with Crippen molar-refractivity contribution in [3.05, 3.63) is 0 Å². The Morgan fingerprint density at radius 1 is 0.933 bits per heavy atom. The fourth-order valence-corrected chi connectivity index (χ4v) is 1.18. The predicted octanol–water partition coefficient (Wildman–Crippen LogP) is 2.93. The standard InChI is InChI=1S/C12H24O3/c1-3-9-14-11-7-5-6-8-12(13)15-10-4-2/h3-11H2,1-2H3. The number of esters is 1. The first-order valence-corrected chi connectivity index (χ1v) is 6.04. The highest BCUT2D eigenvalue weighted by atomic mass is 16.5. The normalized spacial score (nSPS) is 10.3. The van der Waals surface area contributed by atoms with Crippen LogP contribution in [0.4, 0.5) is 0 Å². The van der Waals surface area contributed by atoms with E-state index in [0.717, 1.165) is 45.3 Å². The van der Waals surface area contributed by atoms with Gasteiger partial charge in [-0.05, 0) is 25.7 Å². The molecule has 0 heterocycles. The number of carbonyl (C=O) groups is 1. The third kappa shape index (κ3) is 11.4. The van der Waals surface area contributed by atoms with Gasteiger partial charge >= 0.3 is 5.97 Å². The van der Waals surface area contributed by atoms with Crippen molar-refractivity contribution in [2.75, 3.05) is 19.8 Å². The molecule has 0 aromatic heterocycles. The fraction of sp³-hybridized carbons (Fsp3) is 0.917. The van der Waals surface area contributed by atoms with E-state index < -0.39 is 0 Å². The summed E-state index contributed by atoms with van der Waals surface area (Å²) in [5.74, 6) is -0.0636. The van der Waals surface area contributed by atoms with Crippen LogP contribution in [-0.4, -0.2) is 25.8 Å². The van der Waals surface area contributed by atoms with Crippen LogP contribution < -0.4 is 0 Å². The van der Waals surface area contributed by atoms with Crippen molar-refractivity contribution in [1.29, 1.82) is 0 Å². The Kier molecular flexibility index (Phi) is 11.1. The molecule has 0 radical (unpaired) electrons. The van der Waals surface area contributed by atoms with Gasteiger partial charge in [0.05, 0.1) is 6.61 Å². The van der Waals surface area contributed by atoms with Gasteiger partial charge < -0.3 is 9.47 Å². The average molecular weight is 216 g/mol. The van der Waals surface area contributed by atoms with E-state index in [1.807, 2.05) is 6.92 Å². The van der Waals surface area contributed by atoms with Crippen molar-refractivity contribution in [2.24, 2.45) is 0 Å². The van der Waals surface area contributed by atoms with Crippen LogP contribution in [-0.2, 0) is 14.3 Å². The highest BCUT2D eigenvalue weighted by molar-refractivity contribution is 5.69. The van der Waals surface area contributed by atoms with Gasteiger partial charge in [-0.3, -0.25) is 4.79 Å². The molecule has 3 heteroatoms. The van der Waals surface area contributed by atoms with E-state index in [1.165, 1.54) is 0 Å². The highest BCUT2D eigenvalue weighted by Gasteiger charge is 2.00. The molecule has 0 aliphatic carbocycles. The van der Waals surface area contributed by atoms with Crippen LogP contribution in [0.1, 0.15) is 52.4 Å². The molecule has 0 fully saturated rings. The smallest absolute Gasteiger partial charge is 0.305 e. The predicted molar refractivity (Wildman–Crippen MR) is 60.8 cm³/mol. The molecule has 0 aromatic carbocycles. The second-order valence-corrected chi connectivity index (χ2v) is 3.64. The zero-order valence-corrected chi connectivity index (χ0v) is 10.1. The second kappa shape index (κ2) is 11.5. The number of hydrogen-bond acceptors (Lipinski definition) is 3. The van der Waals surface area contributed by atoms with E-state index in [1.54, 1.807) is 0 Å². The Balaban J connectivity index is 3.06. The van der Waals surface area contributed by atoms with Crippen LogP contribution in [0, 0.1) is 0 Å². The summed E-state index contributed by atoms with van der Waals surface area (Å²) in [5, 5.41) is 0. The molecule has 3 nitrogen and oxygen atoms in total. The molecule has 0 aliphatic rings. The van der Waals surface area contributed by atoms with Gasteiger partial charge in [0.2, 0.25) is 0 Å². The van der Waals surface area contributed by atoms with Crippen molar-refractivity contribution < 1.29 is 14.3 Å². The summed E-state index contributed by atoms with van der Waals surface area (Å²) in [6, 6.07) is 0. The number of ether oxygens (including phenoxy) is 2. The Bertz CT molecular complexity index is 146. The summed E-state index contributed by atoms with van der Waals surface area (Å²) in [6.07, 6.45) is 5.53. The number of hydrogen-bond donors (Lipinski definition) is 0. The van der Waals surface area contributed by atoms with Crippen LogP contribution in [0.25, 0.3) is 0 Å². The van der Waals surface area contributed by atoms with Crippen LogP contribution in [0.5, 0.6) is 0 Å². The lowest BCUT2D eigenvalue weighted by Crippen LogP contribution is -2.05. The first-order chi connectivity index (χ1) is 7.31. The lowest BCUT2D eigenvalue weighted by atomic mass is 10.2. The van der Waals surface area contributed by atoms with Crippen LogP contribution in [0.3, 0.4) is 0 Å². The Hall–Kier alpha value is -0.570. The molecular weight excluding hydrogens is 192 g/mol. The van der Waals surface area contributed by atoms with Crippen molar-refractivity contribution in [3.8, 4) is 0 Å². The molecule has 0 aliphatic heterocycles. The van der Waals surface area contributed by atoms with E-state index in [4.69, 9.17) is 9.47 Å². The fourth-order valence-electron chi connectivity index (χ4n) is 1.18. The molecule has 0 N–H and O–H groups in total. The molecule has 0 saturated carbocycles. The number of rotatable bonds is 10. The summed E-state index contributed by atoms with van der Waals surface area (Å²) in [5.41, 5.74) is 0. The monoisotopic (exact) mass is 216 g/mol. The van der Waals surface area contributed by atoms with Gasteiger partial charge in [0.15, 0.2) is 0 Å². The molecular formula is C12H24O3. The minimum atomic E-state index is -0.0636. The maximum Gasteiger partial charge on any atom is 0.305 e. The zero-order chi connectivity index (χ0) is 11.4. The van der Waals surface area contributed by atoms with E-state index in [0.29, 0.717) is 13.0 Å². The second-order valence-electron chi connectivity index (χ2n) is 3.64. The zero-order valence-electron chi connectivity index (χ0n) is 10.1. The third-order valence-corrected chi connectivity index (χ3v) is 1.99. The first-order valence-electron chi connectivity index (χ1n) is 6.04. The van der Waals surface area contributed by atoms with Crippen molar-refractivity contribution in [2.45, 2.75) is 52.4 Å². The molecule has 90 valence electrons. The third-order valence-electron chi connectivity index (χ3n) is 1.99. The van der Waals surface area contributed by atoms with E-state index >= 15 is 0 Å². The maximum absolute atomic E-state index is 11.1. The van der Waals surface area contributed by atoms with Gasteiger partial charge in [0, 0.05) is 19.6 Å². The quantitative estimate of drug-likeness (QED) is 0.416. The van der Waals surface area contributed by atoms with Crippen molar-refractivity contribution in [3.63, 3.8) is 0 Å². The van der Waals surface area contributed by atoms with Crippen LogP contribution >= 0.6 is 0 Å². The van der Waals surface area contributed by atoms with Gasteiger partial charge in [0.1, 0.15) is 0 Å². The molecule has 0 saturated heterocycles.